The molecule has 3 atom stereocenters. The number of carbonyl (C=O) groups is 3. The predicted octanol–water partition coefficient (Wildman–Crippen LogP) is 14.5. The molecule has 0 aliphatic carbocycles. The summed E-state index contributed by atoms with van der Waals surface area (Å²) in [7, 11) is -4.78. The van der Waals surface area contributed by atoms with Crippen molar-refractivity contribution in [2.45, 2.75) is 187 Å². The summed E-state index contributed by atoms with van der Waals surface area (Å²) in [5, 5.41) is 9.73. The van der Waals surface area contributed by atoms with Crippen molar-refractivity contribution in [1.29, 1.82) is 0 Å². The molecule has 0 aliphatic rings. The van der Waals surface area contributed by atoms with Crippen molar-refractivity contribution in [3.05, 3.63) is 122 Å². The van der Waals surface area contributed by atoms with Gasteiger partial charge in [0, 0.05) is 19.3 Å². The van der Waals surface area contributed by atoms with Crippen LogP contribution in [0.15, 0.2) is 122 Å². The van der Waals surface area contributed by atoms with Crippen molar-refractivity contribution >= 4 is 25.7 Å². The third-order valence-electron chi connectivity index (χ3n) is 9.91. The molecular weight excluding hydrogens is 880 g/mol. The number of ether oxygens (including phenoxy) is 3. The highest BCUT2D eigenvalue weighted by molar-refractivity contribution is 7.47. The fourth-order valence-corrected chi connectivity index (χ4v) is 6.88. The van der Waals surface area contributed by atoms with Gasteiger partial charge in [-0.2, -0.15) is 0 Å². The second kappa shape index (κ2) is 49.3. The van der Waals surface area contributed by atoms with Crippen LogP contribution in [0.1, 0.15) is 175 Å². The zero-order valence-electron chi connectivity index (χ0n) is 42.0. The number of esters is 3. The Morgan fingerprint density at radius 2 is 0.765 bits per heavy atom. The molecule has 12 heteroatoms. The van der Waals surface area contributed by atoms with Crippen LogP contribution in [0.3, 0.4) is 0 Å². The van der Waals surface area contributed by atoms with Gasteiger partial charge in [0.15, 0.2) is 6.10 Å². The fourth-order valence-electron chi connectivity index (χ4n) is 6.10. The van der Waals surface area contributed by atoms with Crippen molar-refractivity contribution in [3.63, 3.8) is 0 Å². The van der Waals surface area contributed by atoms with Gasteiger partial charge in [0.25, 0.3) is 0 Å². The highest BCUT2D eigenvalue weighted by Crippen LogP contribution is 2.43. The van der Waals surface area contributed by atoms with E-state index in [-0.39, 0.29) is 19.3 Å². The van der Waals surface area contributed by atoms with Gasteiger partial charge >= 0.3 is 25.7 Å². The Balaban J connectivity index is 4.94. The van der Waals surface area contributed by atoms with Crippen molar-refractivity contribution in [2.75, 3.05) is 26.4 Å². The molecule has 0 bridgehead atoms. The van der Waals surface area contributed by atoms with Crippen LogP contribution >= 0.6 is 7.82 Å². The molecule has 0 aromatic heterocycles. The number of carbonyl (C=O) groups excluding carboxylic acids is 3. The average molecular weight is 969 g/mol. The zero-order valence-corrected chi connectivity index (χ0v) is 42.9. The summed E-state index contributed by atoms with van der Waals surface area (Å²) in [4.78, 5) is 48.1. The van der Waals surface area contributed by atoms with Crippen molar-refractivity contribution in [1.82, 2.24) is 0 Å². The molecule has 0 aliphatic heterocycles. The Kier molecular flexibility index (Phi) is 46.3. The van der Waals surface area contributed by atoms with E-state index in [4.69, 9.17) is 23.3 Å². The molecule has 0 aromatic rings. The number of hydrogen-bond acceptors (Lipinski definition) is 10. The number of rotatable bonds is 45. The van der Waals surface area contributed by atoms with Crippen LogP contribution in [-0.2, 0) is 42.2 Å². The lowest BCUT2D eigenvalue weighted by Gasteiger charge is -2.21. The molecule has 0 rings (SSSR count). The number of phosphoric ester groups is 1. The number of aliphatic hydroxyl groups is 1. The Bertz CT molecular complexity index is 1600. The molecular formula is C56H89O11P. The monoisotopic (exact) mass is 969 g/mol. The number of allylic oxidation sites excluding steroid dienone is 20. The first kappa shape index (κ1) is 63.9. The van der Waals surface area contributed by atoms with E-state index in [2.05, 4.69) is 112 Å². The van der Waals surface area contributed by atoms with Gasteiger partial charge in [-0.3, -0.25) is 23.4 Å². The second-order valence-corrected chi connectivity index (χ2v) is 17.7. The summed E-state index contributed by atoms with van der Waals surface area (Å²) >= 11 is 0. The summed E-state index contributed by atoms with van der Waals surface area (Å²) in [6.07, 6.45) is 59.3. The molecule has 2 N–H and O–H groups in total. The van der Waals surface area contributed by atoms with Crippen molar-refractivity contribution in [2.24, 2.45) is 0 Å². The lowest BCUT2D eigenvalue weighted by molar-refractivity contribution is -0.161. The maximum atomic E-state index is 12.8. The van der Waals surface area contributed by atoms with E-state index in [1.54, 1.807) is 0 Å². The largest absolute Gasteiger partial charge is 0.472 e. The molecule has 0 fully saturated rings. The highest BCUT2D eigenvalue weighted by atomic mass is 31.2. The Hall–Kier alpha value is -4.12. The van der Waals surface area contributed by atoms with Crippen LogP contribution in [0, 0.1) is 0 Å². The summed E-state index contributed by atoms with van der Waals surface area (Å²) in [5.41, 5.74) is 0. The van der Waals surface area contributed by atoms with E-state index in [0.29, 0.717) is 25.7 Å². The summed E-state index contributed by atoms with van der Waals surface area (Å²) in [5.74, 6) is -1.68. The normalized spacial score (nSPS) is 14.5. The molecule has 0 spiro atoms. The van der Waals surface area contributed by atoms with Crippen LogP contribution in [-0.4, -0.2) is 66.5 Å². The lowest BCUT2D eigenvalue weighted by atomic mass is 10.1. The van der Waals surface area contributed by atoms with Crippen molar-refractivity contribution in [3.8, 4) is 0 Å². The van der Waals surface area contributed by atoms with E-state index >= 15 is 0 Å². The van der Waals surface area contributed by atoms with Crippen LogP contribution in [0.25, 0.3) is 0 Å². The van der Waals surface area contributed by atoms with E-state index < -0.39 is 64.4 Å². The van der Waals surface area contributed by atoms with Gasteiger partial charge in [-0.25, -0.2) is 4.57 Å². The molecule has 0 saturated carbocycles. The zero-order chi connectivity index (χ0) is 49.9. The topological polar surface area (TPSA) is 155 Å². The molecule has 384 valence electrons. The minimum Gasteiger partial charge on any atom is -0.462 e. The van der Waals surface area contributed by atoms with E-state index in [0.717, 1.165) is 77.0 Å². The molecule has 68 heavy (non-hydrogen) atoms. The molecule has 3 unspecified atom stereocenters. The number of phosphoric acid groups is 1. The van der Waals surface area contributed by atoms with Gasteiger partial charge in [0.1, 0.15) is 12.7 Å². The fraction of sp³-hybridized carbons (Fsp3) is 0.589. The number of aliphatic hydroxyl groups excluding tert-OH is 1. The quantitative estimate of drug-likeness (QED) is 0.0197. The van der Waals surface area contributed by atoms with Crippen LogP contribution in [0.2, 0.25) is 0 Å². The Morgan fingerprint density at radius 3 is 1.18 bits per heavy atom. The van der Waals surface area contributed by atoms with E-state index in [9.17, 15) is 28.9 Å². The molecule has 0 amide bonds. The number of hydrogen-bond donors (Lipinski definition) is 2. The second-order valence-electron chi connectivity index (χ2n) is 16.2. The van der Waals surface area contributed by atoms with Crippen LogP contribution < -0.4 is 0 Å². The minimum atomic E-state index is -4.78. The first-order valence-corrected chi connectivity index (χ1v) is 26.9. The maximum Gasteiger partial charge on any atom is 0.472 e. The van der Waals surface area contributed by atoms with Gasteiger partial charge in [-0.1, -0.05) is 194 Å². The highest BCUT2D eigenvalue weighted by Gasteiger charge is 2.28. The minimum absolute atomic E-state index is 0.0250. The molecule has 0 radical (unpaired) electrons. The standard InChI is InChI=1S/C56H89O11P/c1-4-7-10-13-16-19-21-23-24-25-26-27-28-30-31-34-36-39-42-45-54(58)63-49-53(67-56(60)47-44-41-38-35-32-29-22-20-17-14-11-8-5-2)51-65-68(61,62)64-50-52(48-57)66-55(59)46-43-40-37-33-18-15-12-9-6-3/h7-8,10-11,16-17,19-20,23-24,26-27,29-32,36,38-39,41,52-53,57H,4-6,9,12-15,18,21-22,25,28,33-35,37,40,42-51H2,1-3H3,(H,61,62)/b10-7-,11-8-,19-16-,20-17-,24-23-,27-26-,31-30-,32-29-,39-36-,41-38-. The van der Waals surface area contributed by atoms with Crippen LogP contribution in [0.4, 0.5) is 0 Å². The molecule has 0 aromatic carbocycles. The molecule has 0 heterocycles. The third-order valence-corrected chi connectivity index (χ3v) is 10.9. The first-order valence-electron chi connectivity index (χ1n) is 25.4. The smallest absolute Gasteiger partial charge is 0.462 e. The van der Waals surface area contributed by atoms with Gasteiger partial charge in [0.2, 0.25) is 0 Å². The van der Waals surface area contributed by atoms with Crippen molar-refractivity contribution < 1.29 is 52.2 Å². The Morgan fingerprint density at radius 1 is 0.426 bits per heavy atom. The molecule has 0 saturated heterocycles. The third kappa shape index (κ3) is 47.0. The lowest BCUT2D eigenvalue weighted by Crippen LogP contribution is -2.30. The van der Waals surface area contributed by atoms with Gasteiger partial charge in [-0.15, -0.1) is 0 Å². The summed E-state index contributed by atoms with van der Waals surface area (Å²) < 4.78 is 39.1. The predicted molar refractivity (Wildman–Crippen MR) is 279 cm³/mol. The summed E-state index contributed by atoms with van der Waals surface area (Å²) in [6.45, 7) is 4.17. The average Bonchev–Trinajstić information content (AvgIpc) is 3.32. The first-order chi connectivity index (χ1) is 33.2. The van der Waals surface area contributed by atoms with Gasteiger partial charge in [0.05, 0.1) is 19.8 Å². The van der Waals surface area contributed by atoms with Gasteiger partial charge < -0.3 is 24.2 Å². The van der Waals surface area contributed by atoms with E-state index in [1.807, 2.05) is 30.4 Å². The molecule has 11 nitrogen and oxygen atoms in total. The Labute approximate surface area is 411 Å². The SMILES string of the molecule is CC/C=C\C/C=C\C/C=C\C/C=C\C/C=C\C/C=C\CCC(=O)OCC(COP(=O)(O)OCC(CO)OC(=O)CCCCCCCCCCC)OC(=O)CC/C=C\C/C=C\C/C=C\C/C=C\CC. The van der Waals surface area contributed by atoms with Gasteiger partial charge in [-0.05, 0) is 83.5 Å². The maximum absolute atomic E-state index is 12.8. The van der Waals surface area contributed by atoms with Crippen LogP contribution in [0.5, 0.6) is 0 Å². The summed E-state index contributed by atoms with van der Waals surface area (Å²) in [6, 6.07) is 0. The van der Waals surface area contributed by atoms with E-state index in [1.165, 1.54) is 32.1 Å². The number of unbranched alkanes of at least 4 members (excludes halogenated alkanes) is 8.